The number of nitrogens with two attached hydrogens (primary N) is 1. The molecule has 0 aliphatic carbocycles. The number of hydrogen-bond acceptors (Lipinski definition) is 4. The Morgan fingerprint density at radius 1 is 1.44 bits per heavy atom. The van der Waals surface area contributed by atoms with Crippen LogP contribution < -0.4 is 5.73 Å². The molecule has 1 aromatic heterocycles. The van der Waals surface area contributed by atoms with E-state index in [4.69, 9.17) is 5.73 Å². The Balaban J connectivity index is 2.04. The van der Waals surface area contributed by atoms with Gasteiger partial charge in [-0.3, -0.25) is 0 Å². The number of benzene rings is 1. The minimum atomic E-state index is -0.314. The molecule has 18 heavy (non-hydrogen) atoms. The van der Waals surface area contributed by atoms with Gasteiger partial charge in [0.05, 0.1) is 5.75 Å². The van der Waals surface area contributed by atoms with Crippen LogP contribution in [-0.4, -0.2) is 14.8 Å². The van der Waals surface area contributed by atoms with Crippen molar-refractivity contribution < 1.29 is 4.39 Å². The molecule has 1 aromatic carbocycles. The van der Waals surface area contributed by atoms with Gasteiger partial charge < -0.3 is 5.73 Å². The molecule has 0 saturated heterocycles. The molecule has 0 spiro atoms. The van der Waals surface area contributed by atoms with E-state index in [1.165, 1.54) is 23.9 Å². The average molecular weight is 266 g/mol. The van der Waals surface area contributed by atoms with Crippen LogP contribution in [-0.2, 0) is 12.3 Å². The molecule has 6 heteroatoms. The third-order valence-corrected chi connectivity index (χ3v) is 3.55. The smallest absolute Gasteiger partial charge is 0.138 e. The second-order valence-corrected chi connectivity index (χ2v) is 4.89. The third-order valence-electron chi connectivity index (χ3n) is 2.46. The van der Waals surface area contributed by atoms with E-state index in [2.05, 4.69) is 17.0 Å². The Hall–Kier alpha value is -1.56. The summed E-state index contributed by atoms with van der Waals surface area (Å²) in [5.41, 5.74) is 6.21. The zero-order valence-electron chi connectivity index (χ0n) is 10.1. The number of anilines is 1. The Bertz CT molecular complexity index is 527. The largest absolute Gasteiger partial charge is 0.398 e. The molecule has 1 heterocycles. The molecular formula is C12H15FN4S. The lowest BCUT2D eigenvalue weighted by Crippen LogP contribution is -2.04. The van der Waals surface area contributed by atoms with Crippen molar-refractivity contribution in [2.24, 2.45) is 0 Å². The minimum Gasteiger partial charge on any atom is -0.398 e. The van der Waals surface area contributed by atoms with Crippen molar-refractivity contribution >= 4 is 17.4 Å². The van der Waals surface area contributed by atoms with Gasteiger partial charge in [0.15, 0.2) is 0 Å². The lowest BCUT2D eigenvalue weighted by molar-refractivity contribution is 0.581. The maximum Gasteiger partial charge on any atom is 0.138 e. The second-order valence-electron chi connectivity index (χ2n) is 3.87. The molecule has 0 unspecified atom stereocenters. The van der Waals surface area contributed by atoms with Crippen LogP contribution in [0.2, 0.25) is 0 Å². The Morgan fingerprint density at radius 2 is 2.28 bits per heavy atom. The van der Waals surface area contributed by atoms with E-state index in [-0.39, 0.29) is 5.82 Å². The van der Waals surface area contributed by atoms with Gasteiger partial charge in [0.1, 0.15) is 18.0 Å². The van der Waals surface area contributed by atoms with Gasteiger partial charge in [-0.1, -0.05) is 6.92 Å². The molecule has 2 N–H and O–H groups in total. The molecule has 2 rings (SSSR count). The molecule has 0 fully saturated rings. The number of aryl methyl sites for hydroxylation is 1. The fraction of sp³-hybridized carbons (Fsp3) is 0.333. The molecule has 0 aliphatic rings. The minimum absolute atomic E-state index is 0.314. The summed E-state index contributed by atoms with van der Waals surface area (Å²) in [5, 5.41) is 4.16. The summed E-state index contributed by atoms with van der Waals surface area (Å²) in [5.74, 6) is 1.27. The molecule has 0 atom stereocenters. The highest BCUT2D eigenvalue weighted by atomic mass is 32.2. The maximum absolute atomic E-state index is 12.9. The summed E-state index contributed by atoms with van der Waals surface area (Å²) in [4.78, 5) is 5.08. The standard InChI is InChI=1S/C12H15FN4S/c1-2-5-17-12(15-8-16-17)7-18-11-4-3-9(13)6-10(11)14/h3-4,6,8H,2,5,7,14H2,1H3. The van der Waals surface area contributed by atoms with Crippen LogP contribution in [0.15, 0.2) is 29.4 Å². The molecule has 96 valence electrons. The first-order chi connectivity index (χ1) is 8.70. The zero-order valence-corrected chi connectivity index (χ0v) is 11.0. The SMILES string of the molecule is CCCn1ncnc1CSc1ccc(F)cc1N. The molecule has 4 nitrogen and oxygen atoms in total. The lowest BCUT2D eigenvalue weighted by Gasteiger charge is -2.06. The monoisotopic (exact) mass is 266 g/mol. The highest BCUT2D eigenvalue weighted by Gasteiger charge is 2.06. The topological polar surface area (TPSA) is 56.7 Å². The van der Waals surface area contributed by atoms with Crippen molar-refractivity contribution in [1.82, 2.24) is 14.8 Å². The molecule has 2 aromatic rings. The van der Waals surface area contributed by atoms with Gasteiger partial charge in [-0.15, -0.1) is 11.8 Å². The fourth-order valence-electron chi connectivity index (χ4n) is 1.59. The Labute approximate surface area is 109 Å². The summed E-state index contributed by atoms with van der Waals surface area (Å²) >= 11 is 1.54. The van der Waals surface area contributed by atoms with E-state index in [1.54, 1.807) is 12.4 Å². The maximum atomic E-state index is 12.9. The number of halogens is 1. The molecular weight excluding hydrogens is 251 g/mol. The molecule has 0 amide bonds. The predicted molar refractivity (Wildman–Crippen MR) is 70.7 cm³/mol. The van der Waals surface area contributed by atoms with Gasteiger partial charge in [-0.2, -0.15) is 5.10 Å². The van der Waals surface area contributed by atoms with Gasteiger partial charge in [0, 0.05) is 17.1 Å². The van der Waals surface area contributed by atoms with Gasteiger partial charge in [-0.25, -0.2) is 14.1 Å². The number of rotatable bonds is 5. The van der Waals surface area contributed by atoms with E-state index >= 15 is 0 Å². The fourth-order valence-corrected chi connectivity index (χ4v) is 2.49. The first-order valence-corrected chi connectivity index (χ1v) is 6.73. The first kappa shape index (κ1) is 12.9. The summed E-state index contributed by atoms with van der Waals surface area (Å²) < 4.78 is 14.8. The van der Waals surface area contributed by atoms with Crippen molar-refractivity contribution in [3.05, 3.63) is 36.2 Å². The average Bonchev–Trinajstić information content (AvgIpc) is 2.76. The first-order valence-electron chi connectivity index (χ1n) is 5.75. The van der Waals surface area contributed by atoms with E-state index in [1.807, 2.05) is 4.68 Å². The van der Waals surface area contributed by atoms with E-state index in [0.29, 0.717) is 11.4 Å². The van der Waals surface area contributed by atoms with Crippen molar-refractivity contribution in [3.63, 3.8) is 0 Å². The van der Waals surface area contributed by atoms with Crippen molar-refractivity contribution in [3.8, 4) is 0 Å². The van der Waals surface area contributed by atoms with Crippen LogP contribution in [0.4, 0.5) is 10.1 Å². The van der Waals surface area contributed by atoms with Crippen LogP contribution in [0.5, 0.6) is 0 Å². The molecule has 0 aliphatic heterocycles. The van der Waals surface area contributed by atoms with Crippen LogP contribution in [0, 0.1) is 5.82 Å². The van der Waals surface area contributed by atoms with Crippen LogP contribution in [0.25, 0.3) is 0 Å². The number of hydrogen-bond donors (Lipinski definition) is 1. The van der Waals surface area contributed by atoms with Gasteiger partial charge in [0.2, 0.25) is 0 Å². The molecule has 0 bridgehead atoms. The quantitative estimate of drug-likeness (QED) is 0.668. The van der Waals surface area contributed by atoms with Gasteiger partial charge >= 0.3 is 0 Å². The second kappa shape index (κ2) is 5.86. The highest BCUT2D eigenvalue weighted by Crippen LogP contribution is 2.27. The van der Waals surface area contributed by atoms with Crippen LogP contribution >= 0.6 is 11.8 Å². The predicted octanol–water partition coefficient (Wildman–Crippen LogP) is 2.70. The Kier molecular flexibility index (Phi) is 4.19. The van der Waals surface area contributed by atoms with E-state index in [9.17, 15) is 4.39 Å². The van der Waals surface area contributed by atoms with E-state index in [0.717, 1.165) is 23.7 Å². The van der Waals surface area contributed by atoms with Crippen LogP contribution in [0.1, 0.15) is 19.2 Å². The number of aromatic nitrogens is 3. The van der Waals surface area contributed by atoms with Crippen molar-refractivity contribution in [1.29, 1.82) is 0 Å². The van der Waals surface area contributed by atoms with Crippen molar-refractivity contribution in [2.75, 3.05) is 5.73 Å². The summed E-state index contributed by atoms with van der Waals surface area (Å²) in [6.45, 7) is 2.95. The van der Waals surface area contributed by atoms with Gasteiger partial charge in [-0.05, 0) is 24.6 Å². The van der Waals surface area contributed by atoms with Crippen LogP contribution in [0.3, 0.4) is 0 Å². The lowest BCUT2D eigenvalue weighted by atomic mass is 10.3. The summed E-state index contributed by atoms with van der Waals surface area (Å²) in [7, 11) is 0. The third kappa shape index (κ3) is 3.01. The molecule has 0 saturated carbocycles. The Morgan fingerprint density at radius 3 is 3.00 bits per heavy atom. The zero-order chi connectivity index (χ0) is 13.0. The van der Waals surface area contributed by atoms with E-state index < -0.39 is 0 Å². The molecule has 0 radical (unpaired) electrons. The highest BCUT2D eigenvalue weighted by molar-refractivity contribution is 7.98. The number of nitrogen functional groups attached to an aromatic ring is 1. The van der Waals surface area contributed by atoms with Crippen molar-refractivity contribution in [2.45, 2.75) is 30.5 Å². The number of thioether (sulfide) groups is 1. The number of nitrogens with zero attached hydrogens (tertiary/aromatic N) is 3. The van der Waals surface area contributed by atoms with Gasteiger partial charge in [0.25, 0.3) is 0 Å². The normalized spacial score (nSPS) is 10.8. The summed E-state index contributed by atoms with van der Waals surface area (Å²) in [6.07, 6.45) is 2.57. The summed E-state index contributed by atoms with van der Waals surface area (Å²) in [6, 6.07) is 4.43.